The molecule has 84 valence electrons. The summed E-state index contributed by atoms with van der Waals surface area (Å²) in [5, 5.41) is 1.44. The molecule has 5 heteroatoms. The van der Waals surface area contributed by atoms with E-state index in [1.165, 1.54) is 5.06 Å². The monoisotopic (exact) mass is 220 g/mol. The van der Waals surface area contributed by atoms with Crippen LogP contribution < -0.4 is 5.73 Å². The molecule has 2 N–H and O–H groups in total. The number of hydroxylamine groups is 2. The first kappa shape index (κ1) is 10.6. The molecule has 1 saturated heterocycles. The number of nitrogens with zero attached hydrogens (tertiary/aromatic N) is 1. The SMILES string of the molecule is NC(=O)C1CN(OC(=O)c2ccccc2)C1. The van der Waals surface area contributed by atoms with Gasteiger partial charge >= 0.3 is 5.97 Å². The lowest BCUT2D eigenvalue weighted by Crippen LogP contribution is -2.52. The van der Waals surface area contributed by atoms with Gasteiger partial charge in [0.2, 0.25) is 5.91 Å². The van der Waals surface area contributed by atoms with Crippen LogP contribution in [0, 0.1) is 5.92 Å². The number of primary amides is 1. The summed E-state index contributed by atoms with van der Waals surface area (Å²) in [7, 11) is 0. The highest BCUT2D eigenvalue weighted by Gasteiger charge is 2.34. The largest absolute Gasteiger partial charge is 0.369 e. The normalized spacial score (nSPS) is 16.5. The molecular weight excluding hydrogens is 208 g/mol. The quantitative estimate of drug-likeness (QED) is 0.788. The number of benzene rings is 1. The third kappa shape index (κ3) is 2.20. The van der Waals surface area contributed by atoms with Gasteiger partial charge in [-0.2, -0.15) is 0 Å². The topological polar surface area (TPSA) is 72.6 Å². The van der Waals surface area contributed by atoms with Crippen LogP contribution in [0.15, 0.2) is 30.3 Å². The Morgan fingerprint density at radius 1 is 1.25 bits per heavy atom. The van der Waals surface area contributed by atoms with E-state index in [9.17, 15) is 9.59 Å². The van der Waals surface area contributed by atoms with E-state index in [1.807, 2.05) is 6.07 Å². The fourth-order valence-corrected chi connectivity index (χ4v) is 1.44. The van der Waals surface area contributed by atoms with Gasteiger partial charge in [-0.25, -0.2) is 4.79 Å². The van der Waals surface area contributed by atoms with Crippen LogP contribution in [0.2, 0.25) is 0 Å². The molecule has 1 amide bonds. The molecular formula is C11H12N2O3. The van der Waals surface area contributed by atoms with Crippen LogP contribution in [0.5, 0.6) is 0 Å². The first-order chi connectivity index (χ1) is 7.66. The molecule has 1 aliphatic rings. The maximum Gasteiger partial charge on any atom is 0.357 e. The van der Waals surface area contributed by atoms with Gasteiger partial charge in [-0.05, 0) is 12.1 Å². The molecule has 0 spiro atoms. The van der Waals surface area contributed by atoms with E-state index in [0.717, 1.165) is 0 Å². The van der Waals surface area contributed by atoms with Gasteiger partial charge in [0.05, 0.1) is 11.5 Å². The highest BCUT2D eigenvalue weighted by molar-refractivity contribution is 5.89. The second kappa shape index (κ2) is 4.32. The van der Waals surface area contributed by atoms with Gasteiger partial charge in [0.15, 0.2) is 0 Å². The van der Waals surface area contributed by atoms with Crippen molar-refractivity contribution in [2.45, 2.75) is 0 Å². The van der Waals surface area contributed by atoms with E-state index >= 15 is 0 Å². The minimum absolute atomic E-state index is 0.205. The Labute approximate surface area is 92.7 Å². The number of amides is 1. The molecule has 0 atom stereocenters. The first-order valence-corrected chi connectivity index (χ1v) is 4.98. The Balaban J connectivity index is 1.84. The molecule has 1 heterocycles. The van der Waals surface area contributed by atoms with Crippen molar-refractivity contribution in [2.75, 3.05) is 13.1 Å². The standard InChI is InChI=1S/C11H12N2O3/c12-10(14)9-6-13(7-9)16-11(15)8-4-2-1-3-5-8/h1-5,9H,6-7H2,(H2,12,14). The van der Waals surface area contributed by atoms with Crippen LogP contribution >= 0.6 is 0 Å². The number of hydrogen-bond donors (Lipinski definition) is 1. The van der Waals surface area contributed by atoms with E-state index in [0.29, 0.717) is 18.7 Å². The summed E-state index contributed by atoms with van der Waals surface area (Å²) in [5.41, 5.74) is 5.59. The van der Waals surface area contributed by atoms with Crippen LogP contribution in [-0.4, -0.2) is 30.0 Å². The zero-order valence-corrected chi connectivity index (χ0v) is 8.63. The molecule has 0 radical (unpaired) electrons. The summed E-state index contributed by atoms with van der Waals surface area (Å²) in [6.07, 6.45) is 0. The Hall–Kier alpha value is -1.88. The lowest BCUT2D eigenvalue weighted by molar-refractivity contribution is -0.179. The molecule has 0 saturated carbocycles. The van der Waals surface area contributed by atoms with Crippen molar-refractivity contribution in [2.24, 2.45) is 11.7 Å². The fourth-order valence-electron chi connectivity index (χ4n) is 1.44. The number of carbonyl (C=O) groups is 2. The second-order valence-corrected chi connectivity index (χ2v) is 3.69. The Kier molecular flexibility index (Phi) is 2.87. The molecule has 0 aromatic heterocycles. The minimum Gasteiger partial charge on any atom is -0.369 e. The average Bonchev–Trinajstić information content (AvgIpc) is 2.23. The molecule has 1 fully saturated rings. The zero-order valence-electron chi connectivity index (χ0n) is 8.63. The Morgan fingerprint density at radius 3 is 2.44 bits per heavy atom. The average molecular weight is 220 g/mol. The molecule has 1 aromatic rings. The highest BCUT2D eigenvalue weighted by Crippen LogP contribution is 2.16. The van der Waals surface area contributed by atoms with E-state index in [-0.39, 0.29) is 11.8 Å². The molecule has 1 aliphatic heterocycles. The predicted molar refractivity (Wildman–Crippen MR) is 56.1 cm³/mol. The number of carbonyl (C=O) groups excluding carboxylic acids is 2. The van der Waals surface area contributed by atoms with Crippen LogP contribution in [0.1, 0.15) is 10.4 Å². The molecule has 0 bridgehead atoms. The lowest BCUT2D eigenvalue weighted by atomic mass is 10.0. The zero-order chi connectivity index (χ0) is 11.5. The summed E-state index contributed by atoms with van der Waals surface area (Å²) in [6, 6.07) is 8.70. The van der Waals surface area contributed by atoms with Gasteiger partial charge < -0.3 is 10.6 Å². The maximum absolute atomic E-state index is 11.5. The second-order valence-electron chi connectivity index (χ2n) is 3.69. The van der Waals surface area contributed by atoms with Gasteiger partial charge in [-0.3, -0.25) is 4.79 Å². The van der Waals surface area contributed by atoms with E-state index in [1.54, 1.807) is 24.3 Å². The highest BCUT2D eigenvalue weighted by atomic mass is 16.7. The lowest BCUT2D eigenvalue weighted by Gasteiger charge is -2.34. The Morgan fingerprint density at radius 2 is 1.88 bits per heavy atom. The molecule has 2 rings (SSSR count). The number of hydrogen-bond acceptors (Lipinski definition) is 4. The van der Waals surface area contributed by atoms with E-state index < -0.39 is 5.97 Å². The van der Waals surface area contributed by atoms with E-state index in [4.69, 9.17) is 10.6 Å². The van der Waals surface area contributed by atoms with Crippen molar-refractivity contribution in [1.82, 2.24) is 5.06 Å². The number of nitrogens with two attached hydrogens (primary N) is 1. The van der Waals surface area contributed by atoms with Crippen LogP contribution in [0.4, 0.5) is 0 Å². The molecule has 0 unspecified atom stereocenters. The van der Waals surface area contributed by atoms with Crippen molar-refractivity contribution in [1.29, 1.82) is 0 Å². The predicted octanol–water partition coefficient (Wildman–Crippen LogP) is 0.175. The van der Waals surface area contributed by atoms with Gasteiger partial charge in [-0.1, -0.05) is 18.2 Å². The van der Waals surface area contributed by atoms with Gasteiger partial charge in [-0.15, -0.1) is 5.06 Å². The van der Waals surface area contributed by atoms with Gasteiger partial charge in [0.1, 0.15) is 0 Å². The van der Waals surface area contributed by atoms with Gasteiger partial charge in [0.25, 0.3) is 0 Å². The van der Waals surface area contributed by atoms with Crippen LogP contribution in [-0.2, 0) is 9.63 Å². The van der Waals surface area contributed by atoms with Gasteiger partial charge in [0, 0.05) is 13.1 Å². The van der Waals surface area contributed by atoms with Crippen molar-refractivity contribution in [3.05, 3.63) is 35.9 Å². The molecule has 16 heavy (non-hydrogen) atoms. The summed E-state index contributed by atoms with van der Waals surface area (Å²) in [4.78, 5) is 27.3. The van der Waals surface area contributed by atoms with Crippen molar-refractivity contribution in [3.8, 4) is 0 Å². The summed E-state index contributed by atoms with van der Waals surface area (Å²) < 4.78 is 0. The van der Waals surface area contributed by atoms with Crippen molar-refractivity contribution < 1.29 is 14.4 Å². The van der Waals surface area contributed by atoms with Crippen molar-refractivity contribution >= 4 is 11.9 Å². The smallest absolute Gasteiger partial charge is 0.357 e. The minimum atomic E-state index is -0.413. The first-order valence-electron chi connectivity index (χ1n) is 4.98. The fraction of sp³-hybridized carbons (Fsp3) is 0.273. The third-order valence-electron chi connectivity index (χ3n) is 2.47. The van der Waals surface area contributed by atoms with Crippen molar-refractivity contribution in [3.63, 3.8) is 0 Å². The third-order valence-corrected chi connectivity index (χ3v) is 2.47. The van der Waals surface area contributed by atoms with Crippen LogP contribution in [0.25, 0.3) is 0 Å². The summed E-state index contributed by atoms with van der Waals surface area (Å²) in [5.74, 6) is -0.973. The van der Waals surface area contributed by atoms with Crippen LogP contribution in [0.3, 0.4) is 0 Å². The molecule has 0 aliphatic carbocycles. The molecule has 5 nitrogen and oxygen atoms in total. The number of rotatable bonds is 3. The summed E-state index contributed by atoms with van der Waals surface area (Å²) >= 11 is 0. The molecule has 1 aromatic carbocycles. The Bertz CT molecular complexity index is 399. The van der Waals surface area contributed by atoms with E-state index in [2.05, 4.69) is 0 Å². The maximum atomic E-state index is 11.5. The summed E-state index contributed by atoms with van der Waals surface area (Å²) in [6.45, 7) is 0.766.